The standard InChI is InChI=1S/C11H7BrINO4/c12-8-5-6(13)1-2-7(8)11(17)18-14-9(15)3-4-10(14)16/h1-2,5H,3-4H2. The highest BCUT2D eigenvalue weighted by molar-refractivity contribution is 14.1. The number of carbonyl (C=O) groups is 3. The van der Waals surface area contributed by atoms with E-state index < -0.39 is 17.8 Å². The normalized spacial score (nSPS) is 15.1. The third-order valence-corrected chi connectivity index (χ3v) is 3.66. The Morgan fingerprint density at radius 2 is 1.89 bits per heavy atom. The number of imide groups is 1. The summed E-state index contributed by atoms with van der Waals surface area (Å²) in [6.45, 7) is 0. The van der Waals surface area contributed by atoms with Gasteiger partial charge in [0.05, 0.1) is 5.56 Å². The lowest BCUT2D eigenvalue weighted by Crippen LogP contribution is -2.32. The molecule has 5 nitrogen and oxygen atoms in total. The molecular weight excluding hydrogens is 417 g/mol. The molecule has 0 N–H and O–H groups in total. The molecule has 1 aliphatic rings. The predicted molar refractivity (Wildman–Crippen MR) is 73.4 cm³/mol. The average molecular weight is 424 g/mol. The van der Waals surface area contributed by atoms with Crippen molar-refractivity contribution in [2.75, 3.05) is 0 Å². The third kappa shape index (κ3) is 2.72. The van der Waals surface area contributed by atoms with E-state index in [-0.39, 0.29) is 18.4 Å². The first-order chi connectivity index (χ1) is 8.49. The summed E-state index contributed by atoms with van der Waals surface area (Å²) in [7, 11) is 0. The van der Waals surface area contributed by atoms with Gasteiger partial charge in [-0.15, -0.1) is 5.06 Å². The highest BCUT2D eigenvalue weighted by Crippen LogP contribution is 2.22. The first-order valence-electron chi connectivity index (χ1n) is 5.02. The highest BCUT2D eigenvalue weighted by atomic mass is 127. The van der Waals surface area contributed by atoms with E-state index in [1.54, 1.807) is 18.2 Å². The molecule has 1 aromatic carbocycles. The van der Waals surface area contributed by atoms with Crippen molar-refractivity contribution < 1.29 is 19.2 Å². The summed E-state index contributed by atoms with van der Waals surface area (Å²) in [4.78, 5) is 39.2. The maximum atomic E-state index is 11.8. The molecule has 0 aliphatic carbocycles. The van der Waals surface area contributed by atoms with E-state index >= 15 is 0 Å². The van der Waals surface area contributed by atoms with E-state index in [1.807, 2.05) is 0 Å². The van der Waals surface area contributed by atoms with Gasteiger partial charge in [0, 0.05) is 20.9 Å². The zero-order valence-electron chi connectivity index (χ0n) is 8.98. The molecule has 0 aromatic heterocycles. The largest absolute Gasteiger partial charge is 0.365 e. The van der Waals surface area contributed by atoms with Crippen LogP contribution in [0.15, 0.2) is 22.7 Å². The van der Waals surface area contributed by atoms with Gasteiger partial charge in [0.1, 0.15) is 0 Å². The van der Waals surface area contributed by atoms with Crippen molar-refractivity contribution in [1.82, 2.24) is 5.06 Å². The molecule has 0 spiro atoms. The number of hydrogen-bond acceptors (Lipinski definition) is 4. The Morgan fingerprint density at radius 3 is 2.44 bits per heavy atom. The minimum absolute atomic E-state index is 0.0833. The molecule has 7 heteroatoms. The Hall–Kier alpha value is -0.960. The minimum Gasteiger partial charge on any atom is -0.325 e. The quantitative estimate of drug-likeness (QED) is 0.540. The lowest BCUT2D eigenvalue weighted by molar-refractivity contribution is -0.172. The van der Waals surface area contributed by atoms with E-state index in [9.17, 15) is 14.4 Å². The third-order valence-electron chi connectivity index (χ3n) is 2.33. The van der Waals surface area contributed by atoms with E-state index in [0.29, 0.717) is 9.54 Å². The van der Waals surface area contributed by atoms with E-state index in [4.69, 9.17) is 4.84 Å². The smallest absolute Gasteiger partial charge is 0.325 e. The lowest BCUT2D eigenvalue weighted by Gasteiger charge is -2.13. The predicted octanol–water partition coefficient (Wildman–Crippen LogP) is 2.27. The first-order valence-corrected chi connectivity index (χ1v) is 6.89. The van der Waals surface area contributed by atoms with Crippen molar-refractivity contribution in [2.45, 2.75) is 12.8 Å². The Labute approximate surface area is 125 Å². The second-order valence-corrected chi connectivity index (χ2v) is 5.68. The Morgan fingerprint density at radius 1 is 1.28 bits per heavy atom. The number of rotatable bonds is 2. The van der Waals surface area contributed by atoms with Crippen LogP contribution in [0, 0.1) is 3.57 Å². The minimum atomic E-state index is -0.734. The number of hydroxylamine groups is 2. The summed E-state index contributed by atoms with van der Waals surface area (Å²) in [5.41, 5.74) is 0.267. The van der Waals surface area contributed by atoms with Crippen molar-refractivity contribution in [3.8, 4) is 0 Å². The number of benzene rings is 1. The second kappa shape index (κ2) is 5.35. The molecular formula is C11H7BrINO4. The van der Waals surface area contributed by atoms with Gasteiger partial charge >= 0.3 is 5.97 Å². The molecule has 18 heavy (non-hydrogen) atoms. The van der Waals surface area contributed by atoms with Crippen molar-refractivity contribution >= 4 is 56.3 Å². The molecule has 0 atom stereocenters. The van der Waals surface area contributed by atoms with Crippen molar-refractivity contribution in [3.63, 3.8) is 0 Å². The van der Waals surface area contributed by atoms with Crippen molar-refractivity contribution in [1.29, 1.82) is 0 Å². The molecule has 1 aromatic rings. The number of nitrogens with zero attached hydrogens (tertiary/aromatic N) is 1. The van der Waals surface area contributed by atoms with Gasteiger partial charge in [-0.2, -0.15) is 0 Å². The van der Waals surface area contributed by atoms with Crippen LogP contribution in [0.3, 0.4) is 0 Å². The zero-order valence-corrected chi connectivity index (χ0v) is 12.7. The van der Waals surface area contributed by atoms with Crippen molar-refractivity contribution in [2.24, 2.45) is 0 Å². The molecule has 1 fully saturated rings. The number of halogens is 2. The Kier molecular flexibility index (Phi) is 4.00. The van der Waals surface area contributed by atoms with Gasteiger partial charge in [0.25, 0.3) is 11.8 Å². The van der Waals surface area contributed by atoms with Crippen LogP contribution in [-0.2, 0) is 14.4 Å². The van der Waals surface area contributed by atoms with Crippen LogP contribution in [-0.4, -0.2) is 22.8 Å². The number of hydrogen-bond donors (Lipinski definition) is 0. The molecule has 0 bridgehead atoms. The number of carbonyl (C=O) groups excluding carboxylic acids is 3. The monoisotopic (exact) mass is 423 g/mol. The summed E-state index contributed by atoms with van der Waals surface area (Å²) >= 11 is 5.33. The Balaban J connectivity index is 2.17. The van der Waals surface area contributed by atoms with Gasteiger partial charge in [0.15, 0.2) is 0 Å². The zero-order chi connectivity index (χ0) is 13.3. The van der Waals surface area contributed by atoms with Crippen LogP contribution in [0.1, 0.15) is 23.2 Å². The summed E-state index contributed by atoms with van der Waals surface area (Å²) in [5.74, 6) is -1.72. The van der Waals surface area contributed by atoms with Crippen LogP contribution in [0.5, 0.6) is 0 Å². The van der Waals surface area contributed by atoms with E-state index in [2.05, 4.69) is 38.5 Å². The van der Waals surface area contributed by atoms with Crippen LogP contribution < -0.4 is 0 Å². The molecule has 1 aliphatic heterocycles. The van der Waals surface area contributed by atoms with Gasteiger partial charge in [-0.25, -0.2) is 4.79 Å². The lowest BCUT2D eigenvalue weighted by atomic mass is 10.2. The number of amides is 2. The SMILES string of the molecule is O=C(ON1C(=O)CCC1=O)c1ccc(I)cc1Br. The van der Waals surface area contributed by atoms with Crippen LogP contribution in [0.4, 0.5) is 0 Å². The van der Waals surface area contributed by atoms with Crippen LogP contribution in [0.2, 0.25) is 0 Å². The molecule has 2 rings (SSSR count). The molecule has 1 heterocycles. The fourth-order valence-electron chi connectivity index (χ4n) is 1.44. The van der Waals surface area contributed by atoms with Gasteiger partial charge in [-0.05, 0) is 56.7 Å². The van der Waals surface area contributed by atoms with Gasteiger partial charge in [-0.3, -0.25) is 9.59 Å². The Bertz CT molecular complexity index is 530. The van der Waals surface area contributed by atoms with Gasteiger partial charge in [-0.1, -0.05) is 0 Å². The molecule has 0 unspecified atom stereocenters. The van der Waals surface area contributed by atoms with Crippen LogP contribution >= 0.6 is 38.5 Å². The molecule has 0 saturated carbocycles. The van der Waals surface area contributed by atoms with Gasteiger partial charge in [0.2, 0.25) is 0 Å². The fraction of sp³-hybridized carbons (Fsp3) is 0.182. The summed E-state index contributed by atoms with van der Waals surface area (Å²) < 4.78 is 1.50. The highest BCUT2D eigenvalue weighted by Gasteiger charge is 2.33. The van der Waals surface area contributed by atoms with E-state index in [0.717, 1.165) is 3.57 Å². The van der Waals surface area contributed by atoms with E-state index in [1.165, 1.54) is 0 Å². The van der Waals surface area contributed by atoms with Crippen molar-refractivity contribution in [3.05, 3.63) is 31.8 Å². The molecule has 94 valence electrons. The summed E-state index contributed by atoms with van der Waals surface area (Å²) in [6.07, 6.45) is 0.167. The first kappa shape index (κ1) is 13.5. The average Bonchev–Trinajstić information content (AvgIpc) is 2.60. The van der Waals surface area contributed by atoms with Crippen LogP contribution in [0.25, 0.3) is 0 Å². The molecule has 2 amide bonds. The second-order valence-electron chi connectivity index (χ2n) is 3.58. The summed E-state index contributed by atoms with van der Waals surface area (Å²) in [6, 6.07) is 5.04. The topological polar surface area (TPSA) is 63.7 Å². The molecule has 1 saturated heterocycles. The van der Waals surface area contributed by atoms with Gasteiger partial charge < -0.3 is 4.84 Å². The fourth-order valence-corrected chi connectivity index (χ4v) is 2.90. The maximum Gasteiger partial charge on any atom is 0.365 e. The maximum absolute atomic E-state index is 11.8. The summed E-state index contributed by atoms with van der Waals surface area (Å²) in [5, 5.41) is 0.534. The molecule has 0 radical (unpaired) electrons.